The topological polar surface area (TPSA) is 26.3 Å². The van der Waals surface area contributed by atoms with Gasteiger partial charge >= 0.3 is 5.97 Å². The average Bonchev–Trinajstić information content (AvgIpc) is 2.52. The Hall–Kier alpha value is -1.02. The molecule has 0 heterocycles. The molecule has 1 aliphatic carbocycles. The van der Waals surface area contributed by atoms with E-state index in [4.69, 9.17) is 15.8 Å². The number of hydrogen-bond donors (Lipinski definition) is 0. The van der Waals surface area contributed by atoms with Crippen LogP contribution in [-0.4, -0.2) is 5.97 Å². The Morgan fingerprint density at radius 3 is 2.19 bits per heavy atom. The van der Waals surface area contributed by atoms with Crippen LogP contribution in [-0.2, 0) is 8.98 Å². The molecule has 1 aromatic rings. The van der Waals surface area contributed by atoms with Gasteiger partial charge in [0.25, 0.3) is 0 Å². The van der Waals surface area contributed by atoms with E-state index in [1.807, 2.05) is 18.2 Å². The Kier molecular flexibility index (Phi) is 21.8. The monoisotopic (exact) mass is 426 g/mol. The van der Waals surface area contributed by atoms with E-state index in [2.05, 4.69) is 6.92 Å². The molecule has 2 rings (SSSR count). The van der Waals surface area contributed by atoms with Crippen LogP contribution in [0.3, 0.4) is 0 Å². The summed E-state index contributed by atoms with van der Waals surface area (Å²) in [7, 11) is 0. The van der Waals surface area contributed by atoms with Crippen molar-refractivity contribution in [2.75, 3.05) is 0 Å². The van der Waals surface area contributed by atoms with Gasteiger partial charge in [0.1, 0.15) is 0 Å². The zero-order chi connectivity index (χ0) is 15.1. The molecule has 0 atom stereocenters. The standard InChI is InChI=1S/C17H23ClO2S.5FH/c1-2-3-6-13-9-11-14(12-10-13)17(19)20-21-16-8-5-4-7-15(16)18;;;;;/h4-5,7-8,13-14H,2-3,6,9-12H2,1H3;5*1H. The van der Waals surface area contributed by atoms with Gasteiger partial charge in [-0.05, 0) is 43.7 Å². The molecule has 1 saturated carbocycles. The fraction of sp³-hybridized carbons (Fsp3) is 0.588. The molecule has 0 aliphatic heterocycles. The average molecular weight is 427 g/mol. The van der Waals surface area contributed by atoms with Crippen LogP contribution >= 0.6 is 23.6 Å². The minimum Gasteiger partial charge on any atom is -0.386 e. The minimum absolute atomic E-state index is 0. The first-order valence-electron chi connectivity index (χ1n) is 7.83. The maximum Gasteiger partial charge on any atom is 0.321 e. The molecule has 26 heavy (non-hydrogen) atoms. The molecule has 0 radical (unpaired) electrons. The largest absolute Gasteiger partial charge is 0.386 e. The van der Waals surface area contributed by atoms with Gasteiger partial charge in [0.15, 0.2) is 0 Å². The summed E-state index contributed by atoms with van der Waals surface area (Å²) in [5, 5.41) is 0.624. The minimum atomic E-state index is -0.0890. The fourth-order valence-corrected chi connectivity index (χ4v) is 3.67. The first-order chi connectivity index (χ1) is 10.2. The zero-order valence-corrected chi connectivity index (χ0v) is 16.1. The van der Waals surface area contributed by atoms with Crippen molar-refractivity contribution in [1.82, 2.24) is 0 Å². The van der Waals surface area contributed by atoms with E-state index in [1.54, 1.807) is 6.07 Å². The molecule has 156 valence electrons. The third-order valence-electron chi connectivity index (χ3n) is 4.20. The summed E-state index contributed by atoms with van der Waals surface area (Å²) in [6.07, 6.45) is 8.14. The SMILES string of the molecule is CCCCC1CCC(C(=O)OSc2ccccc2Cl)CC1.F.F.F.F.F. The Balaban J connectivity index is -0.000000484. The molecule has 0 aromatic heterocycles. The van der Waals surface area contributed by atoms with Crippen molar-refractivity contribution in [1.29, 1.82) is 0 Å². The lowest BCUT2D eigenvalue weighted by molar-refractivity contribution is -0.138. The van der Waals surface area contributed by atoms with E-state index in [9.17, 15) is 4.79 Å². The number of halogens is 6. The van der Waals surface area contributed by atoms with E-state index in [-0.39, 0.29) is 35.4 Å². The summed E-state index contributed by atoms with van der Waals surface area (Å²) in [5.74, 6) is 0.789. The third-order valence-corrected chi connectivity index (χ3v) is 5.42. The van der Waals surface area contributed by atoms with Crippen LogP contribution < -0.4 is 0 Å². The van der Waals surface area contributed by atoms with E-state index < -0.39 is 0 Å². The van der Waals surface area contributed by atoms with Crippen LogP contribution in [0.4, 0.5) is 23.5 Å². The Morgan fingerprint density at radius 1 is 1.08 bits per heavy atom. The lowest BCUT2D eigenvalue weighted by Gasteiger charge is -2.26. The van der Waals surface area contributed by atoms with Crippen LogP contribution in [0, 0.1) is 11.8 Å². The second kappa shape index (κ2) is 17.4. The number of rotatable bonds is 6. The summed E-state index contributed by atoms with van der Waals surface area (Å²) in [5.41, 5.74) is 0. The summed E-state index contributed by atoms with van der Waals surface area (Å²) in [6.45, 7) is 2.23. The molecule has 2 nitrogen and oxygen atoms in total. The molecule has 0 bridgehead atoms. The van der Waals surface area contributed by atoms with E-state index in [0.29, 0.717) is 5.02 Å². The van der Waals surface area contributed by atoms with Crippen molar-refractivity contribution >= 4 is 29.6 Å². The van der Waals surface area contributed by atoms with Gasteiger partial charge in [0, 0.05) is 0 Å². The number of hydrogen-bond acceptors (Lipinski definition) is 3. The van der Waals surface area contributed by atoms with Gasteiger partial charge in [-0.15, -0.1) is 0 Å². The lowest BCUT2D eigenvalue weighted by Crippen LogP contribution is -2.22. The second-order valence-corrected chi connectivity index (χ2v) is 6.96. The second-order valence-electron chi connectivity index (χ2n) is 5.78. The Bertz CT molecular complexity index is 474. The lowest BCUT2D eigenvalue weighted by atomic mass is 9.80. The summed E-state index contributed by atoms with van der Waals surface area (Å²) in [4.78, 5) is 12.9. The molecule has 1 aliphatic rings. The molecule has 0 unspecified atom stereocenters. The summed E-state index contributed by atoms with van der Waals surface area (Å²) >= 11 is 7.13. The van der Waals surface area contributed by atoms with Gasteiger partial charge in [-0.25, -0.2) is 0 Å². The normalized spacial score (nSPS) is 17.8. The number of unbranched alkanes of at least 4 members (excludes halogenated alkanes) is 1. The molecule has 0 spiro atoms. The van der Waals surface area contributed by atoms with Gasteiger partial charge in [-0.1, -0.05) is 49.9 Å². The van der Waals surface area contributed by atoms with Crippen molar-refractivity contribution in [3.05, 3.63) is 29.3 Å². The maximum atomic E-state index is 12.1. The van der Waals surface area contributed by atoms with Gasteiger partial charge in [-0.3, -0.25) is 28.3 Å². The summed E-state index contributed by atoms with van der Waals surface area (Å²) in [6, 6.07) is 7.42. The van der Waals surface area contributed by atoms with Crippen molar-refractivity contribution in [3.8, 4) is 0 Å². The molecular weight excluding hydrogens is 399 g/mol. The van der Waals surface area contributed by atoms with Crippen LogP contribution in [0.2, 0.25) is 5.02 Å². The molecule has 1 aromatic carbocycles. The highest BCUT2D eigenvalue weighted by molar-refractivity contribution is 7.95. The van der Waals surface area contributed by atoms with E-state index >= 15 is 0 Å². The smallest absolute Gasteiger partial charge is 0.321 e. The number of carbonyl (C=O) groups is 1. The third kappa shape index (κ3) is 10.2. The number of carbonyl (C=O) groups excluding carboxylic acids is 1. The number of benzene rings is 1. The van der Waals surface area contributed by atoms with Gasteiger partial charge < -0.3 is 4.18 Å². The van der Waals surface area contributed by atoms with Gasteiger partial charge in [0.2, 0.25) is 0 Å². The predicted molar refractivity (Wildman–Crippen MR) is 101 cm³/mol. The highest BCUT2D eigenvalue weighted by Gasteiger charge is 2.27. The van der Waals surface area contributed by atoms with Crippen molar-refractivity contribution < 1.29 is 32.5 Å². The van der Waals surface area contributed by atoms with Crippen LogP contribution in [0.1, 0.15) is 51.9 Å². The van der Waals surface area contributed by atoms with Gasteiger partial charge in [-0.2, -0.15) is 0 Å². The van der Waals surface area contributed by atoms with Crippen LogP contribution in [0.5, 0.6) is 0 Å². The van der Waals surface area contributed by atoms with E-state index in [1.165, 1.54) is 19.3 Å². The Labute approximate surface area is 160 Å². The molecule has 0 N–H and O–H groups in total. The molecular formula is C17H28ClF5O2S. The van der Waals surface area contributed by atoms with Crippen molar-refractivity contribution in [2.45, 2.75) is 56.8 Å². The first kappa shape index (κ1) is 32.6. The quantitative estimate of drug-likeness (QED) is 0.376. The molecule has 0 amide bonds. The summed E-state index contributed by atoms with van der Waals surface area (Å²) < 4.78 is 5.36. The maximum absolute atomic E-state index is 12.1. The highest BCUT2D eigenvalue weighted by Crippen LogP contribution is 2.34. The van der Waals surface area contributed by atoms with Crippen molar-refractivity contribution in [2.24, 2.45) is 11.8 Å². The van der Waals surface area contributed by atoms with Crippen molar-refractivity contribution in [3.63, 3.8) is 0 Å². The van der Waals surface area contributed by atoms with Crippen LogP contribution in [0.15, 0.2) is 29.2 Å². The van der Waals surface area contributed by atoms with Gasteiger partial charge in [0.05, 0.1) is 27.9 Å². The zero-order valence-electron chi connectivity index (χ0n) is 14.6. The molecule has 0 saturated heterocycles. The molecule has 1 fully saturated rings. The molecule has 9 heteroatoms. The predicted octanol–water partition coefficient (Wildman–Crippen LogP) is 6.65. The Morgan fingerprint density at radius 2 is 1.65 bits per heavy atom. The first-order valence-corrected chi connectivity index (χ1v) is 8.95. The fourth-order valence-electron chi connectivity index (χ4n) is 2.85. The van der Waals surface area contributed by atoms with E-state index in [0.717, 1.165) is 48.5 Å². The highest BCUT2D eigenvalue weighted by atomic mass is 35.5. The van der Waals surface area contributed by atoms with Crippen LogP contribution in [0.25, 0.3) is 0 Å².